The molecule has 0 aliphatic carbocycles. The first kappa shape index (κ1) is 11.8. The Labute approximate surface area is 88.6 Å². The maximum Gasteiger partial charge on any atom is 0.430 e. The van der Waals surface area contributed by atoms with Gasteiger partial charge in [-0.05, 0) is 6.07 Å². The molecule has 0 fully saturated rings. The van der Waals surface area contributed by atoms with Gasteiger partial charge in [0.05, 0.1) is 10.6 Å². The fourth-order valence-corrected chi connectivity index (χ4v) is 1.22. The minimum Gasteiger partial charge on any atom is -0.166 e. The third kappa shape index (κ3) is 2.58. The highest BCUT2D eigenvalue weighted by molar-refractivity contribution is 6.31. The van der Waals surface area contributed by atoms with E-state index in [4.69, 9.17) is 11.6 Å². The molecular weight excluding hydrogens is 231 g/mol. The highest BCUT2D eigenvalue weighted by atomic mass is 35.5. The van der Waals surface area contributed by atoms with Crippen LogP contribution < -0.4 is 0 Å². The van der Waals surface area contributed by atoms with Crippen molar-refractivity contribution in [1.29, 1.82) is 0 Å². The van der Waals surface area contributed by atoms with Gasteiger partial charge in [-0.3, -0.25) is 0 Å². The van der Waals surface area contributed by atoms with Gasteiger partial charge in [0.1, 0.15) is 0 Å². The maximum absolute atomic E-state index is 12.4. The number of carbonyl (C=O) groups excluding carboxylic acids is 1. The average Bonchev–Trinajstić information content (AvgIpc) is 2.15. The van der Waals surface area contributed by atoms with Gasteiger partial charge in [0, 0.05) is 12.1 Å². The second-order valence-electron chi connectivity index (χ2n) is 2.81. The Morgan fingerprint density at radius 2 is 2.00 bits per heavy atom. The normalized spacial score (nSPS) is 11.0. The molecule has 0 aliphatic rings. The molecule has 80 valence electrons. The molecule has 0 unspecified atom stereocenters. The van der Waals surface area contributed by atoms with E-state index in [1.54, 1.807) is 0 Å². The standard InChI is InChI=1S/C9H6ClF3NO/c1-14(5-15)6-2-3-8(10)7(4-6)9(11,12)13/h2-4H,1H3/q+1. The second kappa shape index (κ2) is 4.04. The topological polar surface area (TPSA) is 20.1 Å². The van der Waals surface area contributed by atoms with Crippen LogP contribution in [0, 0.1) is 0 Å². The Morgan fingerprint density at radius 3 is 2.47 bits per heavy atom. The van der Waals surface area contributed by atoms with Gasteiger partial charge in [-0.2, -0.15) is 18.0 Å². The first-order valence-corrected chi connectivity index (χ1v) is 4.22. The Kier molecular flexibility index (Phi) is 3.17. The van der Waals surface area contributed by atoms with E-state index in [1.807, 2.05) is 0 Å². The van der Waals surface area contributed by atoms with Gasteiger partial charge in [0.2, 0.25) is 5.69 Å². The molecule has 0 saturated heterocycles. The predicted molar refractivity (Wildman–Crippen MR) is 48.0 cm³/mol. The van der Waals surface area contributed by atoms with E-state index in [1.165, 1.54) is 19.2 Å². The summed E-state index contributed by atoms with van der Waals surface area (Å²) in [6.45, 7) is 0. The van der Waals surface area contributed by atoms with Crippen LogP contribution in [0.25, 0.3) is 0 Å². The summed E-state index contributed by atoms with van der Waals surface area (Å²) in [4.78, 5) is 10.2. The van der Waals surface area contributed by atoms with Crippen molar-refractivity contribution < 1.29 is 22.5 Å². The minimum atomic E-state index is -4.53. The van der Waals surface area contributed by atoms with Gasteiger partial charge in [-0.25, -0.2) is 0 Å². The first-order valence-electron chi connectivity index (χ1n) is 3.84. The van der Waals surface area contributed by atoms with Crippen LogP contribution in [0.2, 0.25) is 5.02 Å². The Hall–Kier alpha value is -1.32. The molecule has 1 aromatic carbocycles. The summed E-state index contributed by atoms with van der Waals surface area (Å²) in [5, 5.41) is -0.398. The summed E-state index contributed by atoms with van der Waals surface area (Å²) < 4.78 is 38.1. The van der Waals surface area contributed by atoms with Crippen molar-refractivity contribution >= 4 is 23.4 Å². The van der Waals surface area contributed by atoms with Crippen molar-refractivity contribution in [3.63, 3.8) is 0 Å². The highest BCUT2D eigenvalue weighted by Gasteiger charge is 2.34. The van der Waals surface area contributed by atoms with Crippen LogP contribution in [0.3, 0.4) is 0 Å². The van der Waals surface area contributed by atoms with E-state index in [2.05, 4.69) is 0 Å². The highest BCUT2D eigenvalue weighted by Crippen LogP contribution is 2.36. The Morgan fingerprint density at radius 1 is 1.40 bits per heavy atom. The number of hydrogen-bond acceptors (Lipinski definition) is 1. The molecule has 6 heteroatoms. The van der Waals surface area contributed by atoms with Crippen molar-refractivity contribution in [2.75, 3.05) is 7.05 Å². The van der Waals surface area contributed by atoms with Crippen molar-refractivity contribution in [3.8, 4) is 0 Å². The number of benzene rings is 1. The molecule has 0 saturated carbocycles. The number of alkyl halides is 3. The molecule has 0 N–H and O–H groups in total. The number of halogens is 4. The zero-order chi connectivity index (χ0) is 11.6. The van der Waals surface area contributed by atoms with Crippen molar-refractivity contribution in [1.82, 2.24) is 0 Å². The lowest BCUT2D eigenvalue weighted by Gasteiger charge is -2.07. The number of isocyanates is 1. The van der Waals surface area contributed by atoms with E-state index in [0.29, 0.717) is 0 Å². The third-order valence-corrected chi connectivity index (χ3v) is 2.11. The molecule has 0 atom stereocenters. The molecule has 0 heterocycles. The Balaban J connectivity index is 3.36. The van der Waals surface area contributed by atoms with Gasteiger partial charge < -0.3 is 0 Å². The molecule has 1 aromatic rings. The van der Waals surface area contributed by atoms with Crippen molar-refractivity contribution in [2.24, 2.45) is 0 Å². The van der Waals surface area contributed by atoms with Gasteiger partial charge in [0.25, 0.3) is 0 Å². The van der Waals surface area contributed by atoms with E-state index < -0.39 is 16.8 Å². The maximum atomic E-state index is 12.4. The third-order valence-electron chi connectivity index (χ3n) is 1.78. The second-order valence-corrected chi connectivity index (χ2v) is 3.22. The van der Waals surface area contributed by atoms with Crippen LogP contribution in [0.15, 0.2) is 18.2 Å². The largest absolute Gasteiger partial charge is 0.430 e. The van der Waals surface area contributed by atoms with Crippen molar-refractivity contribution in [2.45, 2.75) is 6.18 Å². The molecule has 15 heavy (non-hydrogen) atoms. The van der Waals surface area contributed by atoms with Crippen LogP contribution >= 0.6 is 11.6 Å². The molecule has 0 aromatic heterocycles. The summed E-state index contributed by atoms with van der Waals surface area (Å²) in [7, 11) is 1.30. The van der Waals surface area contributed by atoms with Crippen molar-refractivity contribution in [3.05, 3.63) is 28.8 Å². The van der Waals surface area contributed by atoms with Crippen LogP contribution in [0.5, 0.6) is 0 Å². The minimum absolute atomic E-state index is 0.0849. The van der Waals surface area contributed by atoms with E-state index >= 15 is 0 Å². The van der Waals surface area contributed by atoms with Gasteiger partial charge >= 0.3 is 12.3 Å². The summed E-state index contributed by atoms with van der Waals surface area (Å²) >= 11 is 5.39. The predicted octanol–water partition coefficient (Wildman–Crippen LogP) is 2.97. The Bertz CT molecular complexity index is 435. The molecule has 0 bridgehead atoms. The van der Waals surface area contributed by atoms with Gasteiger partial charge in [0.15, 0.2) is 7.05 Å². The lowest BCUT2D eigenvalue weighted by molar-refractivity contribution is -0.402. The molecule has 0 radical (unpaired) electrons. The summed E-state index contributed by atoms with van der Waals surface area (Å²) in [5.41, 5.74) is -0.884. The lowest BCUT2D eigenvalue weighted by atomic mass is 10.2. The molecular formula is C9H6ClF3NO+. The zero-order valence-corrected chi connectivity index (χ0v) is 8.36. The number of nitrogens with zero attached hydrogens (tertiary/aromatic N) is 1. The molecule has 0 amide bonds. The van der Waals surface area contributed by atoms with Gasteiger partial charge in [-0.15, -0.1) is 4.58 Å². The fraction of sp³-hybridized carbons (Fsp3) is 0.222. The van der Waals surface area contributed by atoms with Crippen LogP contribution in [-0.2, 0) is 11.0 Å². The van der Waals surface area contributed by atoms with Crippen LogP contribution in [0.4, 0.5) is 18.9 Å². The average molecular weight is 237 g/mol. The zero-order valence-electron chi connectivity index (χ0n) is 7.60. The molecule has 1 rings (SSSR count). The van der Waals surface area contributed by atoms with E-state index in [0.717, 1.165) is 16.7 Å². The monoisotopic (exact) mass is 236 g/mol. The summed E-state index contributed by atoms with van der Waals surface area (Å²) in [6.07, 6.45) is -3.08. The first-order chi connectivity index (χ1) is 6.86. The van der Waals surface area contributed by atoms with Crippen LogP contribution in [-0.4, -0.2) is 17.7 Å². The van der Waals surface area contributed by atoms with Crippen LogP contribution in [0.1, 0.15) is 5.56 Å². The fourth-order valence-electron chi connectivity index (χ4n) is 0.992. The summed E-state index contributed by atoms with van der Waals surface area (Å²) in [5.74, 6) is 0. The molecule has 2 nitrogen and oxygen atoms in total. The number of rotatable bonds is 1. The summed E-state index contributed by atoms with van der Waals surface area (Å²) in [6, 6.07) is 3.20. The molecule has 0 spiro atoms. The van der Waals surface area contributed by atoms with Gasteiger partial charge in [-0.1, -0.05) is 11.6 Å². The molecule has 0 aliphatic heterocycles. The SMILES string of the molecule is C[N+](=C=O)c1ccc(Cl)c(C(F)(F)F)c1. The lowest BCUT2D eigenvalue weighted by Crippen LogP contribution is -2.07. The van der Waals surface area contributed by atoms with E-state index in [9.17, 15) is 18.0 Å². The number of hydrogen-bond donors (Lipinski definition) is 0. The smallest absolute Gasteiger partial charge is 0.166 e. The van der Waals surface area contributed by atoms with E-state index in [-0.39, 0.29) is 5.69 Å². The quantitative estimate of drug-likeness (QED) is 0.417.